The van der Waals surface area contributed by atoms with Crippen LogP contribution in [0.4, 0.5) is 0 Å². The number of primary amides is 1. The van der Waals surface area contributed by atoms with Gasteiger partial charge in [-0.2, -0.15) is 0 Å². The molecule has 176 valence electrons. The Kier molecular flexibility index (Phi) is 10.8. The van der Waals surface area contributed by atoms with Crippen LogP contribution in [0.5, 0.6) is 0 Å². The maximum absolute atomic E-state index is 10.9. The van der Waals surface area contributed by atoms with Gasteiger partial charge < -0.3 is 20.8 Å². The maximum Gasteiger partial charge on any atom is 0.328 e. The monoisotopic (exact) mass is 453 g/mol. The quantitative estimate of drug-likeness (QED) is 0.496. The van der Waals surface area contributed by atoms with Crippen LogP contribution in [-0.4, -0.2) is 70.6 Å². The highest BCUT2D eigenvalue weighted by molar-refractivity contribution is 5.89. The van der Waals surface area contributed by atoms with Gasteiger partial charge in [-0.1, -0.05) is 54.6 Å². The third-order valence-electron chi connectivity index (χ3n) is 5.26. The van der Waals surface area contributed by atoms with Gasteiger partial charge in [-0.05, 0) is 23.1 Å². The van der Waals surface area contributed by atoms with Gasteiger partial charge in [0.25, 0.3) is 0 Å². The van der Waals surface area contributed by atoms with Crippen LogP contribution in [-0.2, 0) is 27.3 Å². The molecule has 0 radical (unpaired) electrons. The summed E-state index contributed by atoms with van der Waals surface area (Å²) in [6.07, 6.45) is 2.56. The van der Waals surface area contributed by atoms with E-state index in [2.05, 4.69) is 64.4 Å². The number of benzene rings is 2. The lowest BCUT2D eigenvalue weighted by Gasteiger charge is -2.34. The second kappa shape index (κ2) is 13.8. The summed E-state index contributed by atoms with van der Waals surface area (Å²) in [6.45, 7) is 5.87. The normalized spacial score (nSPS) is 14.4. The lowest BCUT2D eigenvalue weighted by molar-refractivity contribution is -0.134. The van der Waals surface area contributed by atoms with E-state index in [1.165, 1.54) is 16.7 Å². The topological polar surface area (TPSA) is 124 Å². The van der Waals surface area contributed by atoms with Crippen LogP contribution in [0.15, 0.2) is 66.7 Å². The van der Waals surface area contributed by atoms with E-state index < -0.39 is 11.9 Å². The highest BCUT2D eigenvalue weighted by atomic mass is 16.4. The molecule has 1 fully saturated rings. The summed E-state index contributed by atoms with van der Waals surface area (Å²) in [4.78, 5) is 34.9. The summed E-state index contributed by atoms with van der Waals surface area (Å²) in [5.74, 6) is -2.72. The Morgan fingerprint density at radius 1 is 0.788 bits per heavy atom. The lowest BCUT2D eigenvalue weighted by Crippen LogP contribution is -2.46. The molecule has 0 bridgehead atoms. The molecule has 0 aliphatic carbocycles. The van der Waals surface area contributed by atoms with Crippen molar-refractivity contribution in [2.24, 2.45) is 5.73 Å². The molecule has 1 aliphatic heterocycles. The van der Waals surface area contributed by atoms with E-state index in [0.717, 1.165) is 45.7 Å². The molecule has 0 unspecified atom stereocenters. The van der Waals surface area contributed by atoms with Crippen molar-refractivity contribution < 1.29 is 24.6 Å². The number of carbonyl (C=O) groups excluding carboxylic acids is 1. The average molecular weight is 454 g/mol. The molecule has 4 N–H and O–H groups in total. The Bertz CT molecular complexity index is 922. The van der Waals surface area contributed by atoms with Gasteiger partial charge in [0, 0.05) is 57.8 Å². The maximum atomic E-state index is 10.9. The van der Waals surface area contributed by atoms with E-state index in [4.69, 9.17) is 15.9 Å². The Hall–Kier alpha value is -3.49. The first-order valence-corrected chi connectivity index (χ1v) is 10.8. The van der Waals surface area contributed by atoms with Crippen LogP contribution >= 0.6 is 0 Å². The van der Waals surface area contributed by atoms with Gasteiger partial charge in [-0.25, -0.2) is 9.59 Å². The number of carboxylic acids is 2. The largest absolute Gasteiger partial charge is 0.478 e. The number of nitrogens with two attached hydrogens (primary N) is 1. The molecule has 1 aliphatic rings. The SMILES string of the molecule is NC(=O)CCN1CCN(Cc2ccccc2Cc2ccccc2)CC1.O=C(O)/C=C/C(=O)O. The summed E-state index contributed by atoms with van der Waals surface area (Å²) >= 11 is 0. The van der Waals surface area contributed by atoms with Gasteiger partial charge in [0.15, 0.2) is 0 Å². The summed E-state index contributed by atoms with van der Waals surface area (Å²) < 4.78 is 0. The Morgan fingerprint density at radius 2 is 1.30 bits per heavy atom. The number of amides is 1. The van der Waals surface area contributed by atoms with Crippen molar-refractivity contribution in [3.05, 3.63) is 83.4 Å². The van der Waals surface area contributed by atoms with Crippen molar-refractivity contribution in [3.8, 4) is 0 Å². The van der Waals surface area contributed by atoms with E-state index in [1.807, 2.05) is 0 Å². The Balaban J connectivity index is 0.000000414. The number of aliphatic carboxylic acids is 2. The third-order valence-corrected chi connectivity index (χ3v) is 5.26. The van der Waals surface area contributed by atoms with Gasteiger partial charge in [0.1, 0.15) is 0 Å². The number of carbonyl (C=O) groups is 3. The molecule has 2 aromatic rings. The third kappa shape index (κ3) is 10.6. The van der Waals surface area contributed by atoms with Crippen LogP contribution < -0.4 is 5.73 Å². The fraction of sp³-hybridized carbons (Fsp3) is 0.320. The highest BCUT2D eigenvalue weighted by Gasteiger charge is 2.18. The predicted octanol–water partition coefficient (Wildman–Crippen LogP) is 1.98. The second-order valence-electron chi connectivity index (χ2n) is 7.77. The molecule has 2 aromatic carbocycles. The van der Waals surface area contributed by atoms with Crippen LogP contribution in [0, 0.1) is 0 Å². The van der Waals surface area contributed by atoms with Crippen LogP contribution in [0.2, 0.25) is 0 Å². The Labute approximate surface area is 193 Å². The number of rotatable bonds is 9. The average Bonchev–Trinajstić information content (AvgIpc) is 2.80. The fourth-order valence-electron chi connectivity index (χ4n) is 3.52. The number of hydrogen-bond acceptors (Lipinski definition) is 5. The molecule has 33 heavy (non-hydrogen) atoms. The molecule has 1 amide bonds. The zero-order valence-corrected chi connectivity index (χ0v) is 18.6. The lowest BCUT2D eigenvalue weighted by atomic mass is 9.99. The van der Waals surface area contributed by atoms with Crippen molar-refractivity contribution in [3.63, 3.8) is 0 Å². The molecule has 3 rings (SSSR count). The van der Waals surface area contributed by atoms with Crippen molar-refractivity contribution in [2.75, 3.05) is 32.7 Å². The highest BCUT2D eigenvalue weighted by Crippen LogP contribution is 2.17. The molecular weight excluding hydrogens is 422 g/mol. The van der Waals surface area contributed by atoms with Gasteiger partial charge in [-0.3, -0.25) is 9.69 Å². The standard InChI is InChI=1S/C21H27N3O.C4H4O4/c22-21(25)10-11-23-12-14-24(15-13-23)17-20-9-5-4-8-19(20)16-18-6-2-1-3-7-18;5-3(6)1-2-4(7)8/h1-9H,10-17H2,(H2,22,25);1-2H,(H,5,6)(H,7,8)/b;2-1+. The molecule has 8 nitrogen and oxygen atoms in total. The molecule has 0 spiro atoms. The minimum absolute atomic E-state index is 0.211. The van der Waals surface area contributed by atoms with Gasteiger partial charge in [0.05, 0.1) is 0 Å². The zero-order valence-electron chi connectivity index (χ0n) is 18.6. The molecule has 8 heteroatoms. The van der Waals surface area contributed by atoms with Crippen molar-refractivity contribution in [1.82, 2.24) is 9.80 Å². The predicted molar refractivity (Wildman–Crippen MR) is 126 cm³/mol. The van der Waals surface area contributed by atoms with E-state index in [1.54, 1.807) is 0 Å². The van der Waals surface area contributed by atoms with Gasteiger partial charge in [-0.15, -0.1) is 0 Å². The van der Waals surface area contributed by atoms with Gasteiger partial charge in [0.2, 0.25) is 5.91 Å². The summed E-state index contributed by atoms with van der Waals surface area (Å²) in [5.41, 5.74) is 9.42. The van der Waals surface area contributed by atoms with Crippen molar-refractivity contribution in [1.29, 1.82) is 0 Å². The second-order valence-corrected chi connectivity index (χ2v) is 7.77. The van der Waals surface area contributed by atoms with E-state index >= 15 is 0 Å². The minimum atomic E-state index is -1.26. The number of hydrogen-bond donors (Lipinski definition) is 3. The first-order chi connectivity index (χ1) is 15.8. The summed E-state index contributed by atoms with van der Waals surface area (Å²) in [7, 11) is 0. The van der Waals surface area contributed by atoms with Gasteiger partial charge >= 0.3 is 11.9 Å². The van der Waals surface area contributed by atoms with E-state index in [0.29, 0.717) is 18.6 Å². The van der Waals surface area contributed by atoms with E-state index in [-0.39, 0.29) is 5.91 Å². The fourth-order valence-corrected chi connectivity index (χ4v) is 3.52. The molecule has 0 aromatic heterocycles. The molecule has 0 atom stereocenters. The molecule has 0 saturated carbocycles. The smallest absolute Gasteiger partial charge is 0.328 e. The minimum Gasteiger partial charge on any atom is -0.478 e. The number of piperazine rings is 1. The number of nitrogens with zero attached hydrogens (tertiary/aromatic N) is 2. The van der Waals surface area contributed by atoms with Crippen LogP contribution in [0.25, 0.3) is 0 Å². The first-order valence-electron chi connectivity index (χ1n) is 10.8. The van der Waals surface area contributed by atoms with E-state index in [9.17, 15) is 14.4 Å². The number of carboxylic acid groups (broad SMARTS) is 2. The molecule has 1 heterocycles. The van der Waals surface area contributed by atoms with Crippen molar-refractivity contribution in [2.45, 2.75) is 19.4 Å². The summed E-state index contributed by atoms with van der Waals surface area (Å²) in [5, 5.41) is 15.6. The van der Waals surface area contributed by atoms with Crippen molar-refractivity contribution >= 4 is 17.8 Å². The Morgan fingerprint density at radius 3 is 1.85 bits per heavy atom. The zero-order chi connectivity index (χ0) is 24.1. The molecule has 1 saturated heterocycles. The van der Waals surface area contributed by atoms with Crippen LogP contribution in [0.1, 0.15) is 23.1 Å². The first kappa shape index (κ1) is 25.8. The molecular formula is C25H31N3O5. The van der Waals surface area contributed by atoms with Crippen LogP contribution in [0.3, 0.4) is 0 Å². The summed E-state index contributed by atoms with van der Waals surface area (Å²) in [6, 6.07) is 19.4.